The van der Waals surface area contributed by atoms with E-state index in [1.54, 1.807) is 24.3 Å². The first-order valence-electron chi connectivity index (χ1n) is 9.23. The number of carbonyl (C=O) groups is 2. The van der Waals surface area contributed by atoms with E-state index in [2.05, 4.69) is 31.8 Å². The zero-order valence-corrected chi connectivity index (χ0v) is 18.2. The molecule has 2 aliphatic rings. The summed E-state index contributed by atoms with van der Waals surface area (Å²) in [5.74, 6) is -1.14. The molecule has 0 aliphatic carbocycles. The van der Waals surface area contributed by atoms with E-state index in [0.717, 1.165) is 28.4 Å². The molecule has 1 saturated heterocycles. The van der Waals surface area contributed by atoms with E-state index in [1.807, 2.05) is 0 Å². The molecule has 2 aromatic carbocycles. The van der Waals surface area contributed by atoms with Crippen LogP contribution in [0.1, 0.15) is 15.9 Å². The summed E-state index contributed by atoms with van der Waals surface area (Å²) in [6, 6.07) is 11.4. The number of Topliss-reactive ketones (excluding diaryl/α,β-unsaturated/α-hetero) is 1. The minimum atomic E-state index is -4.55. The van der Waals surface area contributed by atoms with E-state index in [4.69, 9.17) is 0 Å². The number of alkyl halides is 3. The number of carbonyl (C=O) groups excluding carboxylic acids is 2. The lowest BCUT2D eigenvalue weighted by atomic mass is 10.0. The number of ketones is 1. The van der Waals surface area contributed by atoms with Gasteiger partial charge in [-0.3, -0.25) is 19.9 Å². The molecule has 1 fully saturated rings. The van der Waals surface area contributed by atoms with Crippen molar-refractivity contribution in [3.05, 3.63) is 64.1 Å². The maximum atomic E-state index is 13.2. The molecule has 1 amide bonds. The van der Waals surface area contributed by atoms with Gasteiger partial charge in [-0.2, -0.15) is 13.2 Å². The Bertz CT molecular complexity index is 1050. The van der Waals surface area contributed by atoms with Gasteiger partial charge in [0.1, 0.15) is 6.17 Å². The summed E-state index contributed by atoms with van der Waals surface area (Å²) in [6.07, 6.45) is -5.09. The highest BCUT2D eigenvalue weighted by Crippen LogP contribution is 2.34. The van der Waals surface area contributed by atoms with Crippen molar-refractivity contribution >= 4 is 50.2 Å². The van der Waals surface area contributed by atoms with Crippen LogP contribution in [0.4, 0.5) is 18.9 Å². The van der Waals surface area contributed by atoms with Gasteiger partial charge >= 0.3 is 6.18 Å². The van der Waals surface area contributed by atoms with Crippen LogP contribution in [0.3, 0.4) is 0 Å². The van der Waals surface area contributed by atoms with Crippen LogP contribution in [0.2, 0.25) is 0 Å². The molecule has 31 heavy (non-hydrogen) atoms. The number of hydrogen-bond acceptors (Lipinski definition) is 6. The van der Waals surface area contributed by atoms with Crippen molar-refractivity contribution in [2.75, 3.05) is 17.2 Å². The Kier molecular flexibility index (Phi) is 6.20. The number of nitrogens with one attached hydrogen (secondary N) is 2. The Morgan fingerprint density at radius 1 is 1.23 bits per heavy atom. The second-order valence-corrected chi connectivity index (χ2v) is 8.79. The fourth-order valence-corrected chi connectivity index (χ4v) is 4.48. The average Bonchev–Trinajstić information content (AvgIpc) is 3.21. The number of aliphatic imine (C=N–C) groups is 1. The Balaban J connectivity index is 1.62. The third-order valence-corrected chi connectivity index (χ3v) is 6.34. The molecule has 0 saturated carbocycles. The quantitative estimate of drug-likeness (QED) is 0.609. The summed E-state index contributed by atoms with van der Waals surface area (Å²) in [5, 5.41) is 0.173. The van der Waals surface area contributed by atoms with Gasteiger partial charge in [0.15, 0.2) is 11.0 Å². The summed E-state index contributed by atoms with van der Waals surface area (Å²) in [6.45, 7) is 0.304. The molecule has 2 heterocycles. The zero-order valence-electron chi connectivity index (χ0n) is 15.8. The molecule has 0 radical (unpaired) electrons. The van der Waals surface area contributed by atoms with Crippen molar-refractivity contribution in [3.63, 3.8) is 0 Å². The number of benzene rings is 2. The average molecular weight is 513 g/mol. The lowest BCUT2D eigenvalue weighted by Crippen LogP contribution is -2.49. The second-order valence-electron chi connectivity index (χ2n) is 6.93. The van der Waals surface area contributed by atoms with E-state index in [-0.39, 0.29) is 28.3 Å². The Morgan fingerprint density at radius 3 is 2.68 bits per heavy atom. The van der Waals surface area contributed by atoms with Crippen LogP contribution in [0.5, 0.6) is 0 Å². The molecule has 0 aromatic heterocycles. The monoisotopic (exact) mass is 512 g/mol. The molecule has 2 aromatic rings. The topological polar surface area (TPSA) is 73.8 Å². The Morgan fingerprint density at radius 2 is 1.97 bits per heavy atom. The molecule has 2 aliphatic heterocycles. The number of fused-ring (bicyclic) bond motifs is 1. The standard InChI is InChI=1S/C20H16BrF3N4O2S/c21-13-6-4-11(5-7-13)16(29)10-31-19-26-17-15(9-25-27-17)18(30)28(19)14-3-1-2-12(8-14)20(22,23)24/h1-8,15,17,25,27H,9-10H2. The summed E-state index contributed by atoms with van der Waals surface area (Å²) >= 11 is 4.33. The van der Waals surface area contributed by atoms with Gasteiger partial charge in [-0.15, -0.1) is 0 Å². The van der Waals surface area contributed by atoms with Gasteiger partial charge in [0.05, 0.1) is 22.9 Å². The smallest absolute Gasteiger partial charge is 0.293 e. The first kappa shape index (κ1) is 22.0. The molecule has 6 nitrogen and oxygen atoms in total. The summed E-state index contributed by atoms with van der Waals surface area (Å²) in [7, 11) is 0. The number of anilines is 1. The number of hydrogen-bond donors (Lipinski definition) is 2. The number of amides is 1. The first-order valence-corrected chi connectivity index (χ1v) is 11.0. The predicted molar refractivity (Wildman–Crippen MR) is 116 cm³/mol. The lowest BCUT2D eigenvalue weighted by molar-refractivity contribution is -0.137. The first-order chi connectivity index (χ1) is 14.7. The van der Waals surface area contributed by atoms with E-state index in [0.29, 0.717) is 12.1 Å². The molecule has 4 rings (SSSR count). The summed E-state index contributed by atoms with van der Waals surface area (Å²) < 4.78 is 40.5. The van der Waals surface area contributed by atoms with Crippen LogP contribution in [0.25, 0.3) is 0 Å². The Hall–Kier alpha value is -2.21. The summed E-state index contributed by atoms with van der Waals surface area (Å²) in [4.78, 5) is 31.3. The van der Waals surface area contributed by atoms with Crippen molar-refractivity contribution in [3.8, 4) is 0 Å². The van der Waals surface area contributed by atoms with Gasteiger partial charge in [-0.05, 0) is 30.3 Å². The fraction of sp³-hybridized carbons (Fsp3) is 0.250. The maximum absolute atomic E-state index is 13.2. The highest BCUT2D eigenvalue weighted by Gasteiger charge is 2.43. The molecular formula is C20H16BrF3N4O2S. The van der Waals surface area contributed by atoms with Gasteiger partial charge in [-0.25, -0.2) is 10.4 Å². The molecule has 2 N–H and O–H groups in total. The minimum absolute atomic E-state index is 0.0198. The van der Waals surface area contributed by atoms with Gasteiger partial charge in [0.25, 0.3) is 0 Å². The van der Waals surface area contributed by atoms with Crippen LogP contribution < -0.4 is 15.8 Å². The van der Waals surface area contributed by atoms with Crippen LogP contribution in [-0.4, -0.2) is 35.3 Å². The largest absolute Gasteiger partial charge is 0.416 e. The predicted octanol–water partition coefficient (Wildman–Crippen LogP) is 3.84. The van der Waals surface area contributed by atoms with E-state index in [1.165, 1.54) is 17.0 Å². The van der Waals surface area contributed by atoms with Gasteiger partial charge in [-0.1, -0.05) is 45.9 Å². The third kappa shape index (κ3) is 4.69. The SMILES string of the molecule is O=C(CSC1=NC2NNCC2C(=O)N1c1cccc(C(F)(F)F)c1)c1ccc(Br)cc1. The van der Waals surface area contributed by atoms with E-state index >= 15 is 0 Å². The maximum Gasteiger partial charge on any atom is 0.416 e. The fourth-order valence-electron chi connectivity index (χ4n) is 3.28. The zero-order chi connectivity index (χ0) is 22.2. The third-order valence-electron chi connectivity index (χ3n) is 4.86. The number of nitrogens with zero attached hydrogens (tertiary/aromatic N) is 2. The van der Waals surface area contributed by atoms with Crippen LogP contribution >= 0.6 is 27.7 Å². The molecule has 2 unspecified atom stereocenters. The van der Waals surface area contributed by atoms with Gasteiger partial charge in [0, 0.05) is 16.6 Å². The highest BCUT2D eigenvalue weighted by atomic mass is 79.9. The van der Waals surface area contributed by atoms with Crippen LogP contribution in [-0.2, 0) is 11.0 Å². The molecule has 162 valence electrons. The normalized spacial score (nSPS) is 21.1. The number of rotatable bonds is 4. The number of thioether (sulfide) groups is 1. The van der Waals surface area contributed by atoms with E-state index < -0.39 is 23.8 Å². The number of hydrazine groups is 1. The van der Waals surface area contributed by atoms with Crippen molar-refractivity contribution in [2.24, 2.45) is 10.9 Å². The second kappa shape index (κ2) is 8.73. The van der Waals surface area contributed by atoms with Gasteiger partial charge in [0.2, 0.25) is 5.91 Å². The minimum Gasteiger partial charge on any atom is -0.293 e. The lowest BCUT2D eigenvalue weighted by Gasteiger charge is -2.32. The van der Waals surface area contributed by atoms with Crippen molar-refractivity contribution in [1.29, 1.82) is 0 Å². The molecule has 11 heteroatoms. The highest BCUT2D eigenvalue weighted by molar-refractivity contribution is 9.10. The van der Waals surface area contributed by atoms with Crippen molar-refractivity contribution in [1.82, 2.24) is 10.9 Å². The van der Waals surface area contributed by atoms with Gasteiger partial charge < -0.3 is 0 Å². The van der Waals surface area contributed by atoms with Crippen molar-refractivity contribution in [2.45, 2.75) is 12.3 Å². The molecule has 0 bridgehead atoms. The Labute approximate surface area is 188 Å². The van der Waals surface area contributed by atoms with Crippen LogP contribution in [0, 0.1) is 5.92 Å². The number of amidine groups is 1. The summed E-state index contributed by atoms with van der Waals surface area (Å²) in [5.41, 5.74) is 5.43. The molecular weight excluding hydrogens is 497 g/mol. The van der Waals surface area contributed by atoms with Crippen molar-refractivity contribution < 1.29 is 22.8 Å². The van der Waals surface area contributed by atoms with Crippen LogP contribution in [0.15, 0.2) is 58.0 Å². The number of halogens is 4. The molecule has 0 spiro atoms. The van der Waals surface area contributed by atoms with E-state index in [9.17, 15) is 22.8 Å². The molecule has 2 atom stereocenters.